The number of sulfonamides is 1. The summed E-state index contributed by atoms with van der Waals surface area (Å²) in [4.78, 5) is 4.72. The van der Waals surface area contributed by atoms with Gasteiger partial charge in [-0.25, -0.2) is 8.42 Å². The van der Waals surface area contributed by atoms with E-state index in [1.54, 1.807) is 4.31 Å². The fraction of sp³-hybridized carbons (Fsp3) is 0.647. The molecular weight excluding hydrogens is 326 g/mol. The fourth-order valence-corrected chi connectivity index (χ4v) is 4.92. The molecule has 0 bridgehead atoms. The number of hydrogen-bond acceptors (Lipinski definition) is 5. The van der Waals surface area contributed by atoms with Gasteiger partial charge in [0.25, 0.3) is 0 Å². The third-order valence-corrected chi connectivity index (χ3v) is 6.63. The van der Waals surface area contributed by atoms with Crippen molar-refractivity contribution in [3.8, 4) is 0 Å². The zero-order valence-electron chi connectivity index (χ0n) is 14.4. The largest absolute Gasteiger partial charge is 0.379 e. The molecule has 2 aliphatic heterocycles. The van der Waals surface area contributed by atoms with E-state index in [1.807, 2.05) is 31.2 Å². The normalized spacial score (nSPS) is 19.4. The molecule has 0 spiro atoms. The Morgan fingerprint density at radius 2 is 1.71 bits per heavy atom. The minimum Gasteiger partial charge on any atom is -0.379 e. The van der Waals surface area contributed by atoms with E-state index in [4.69, 9.17) is 4.74 Å². The number of anilines is 2. The molecule has 7 heteroatoms. The minimum absolute atomic E-state index is 0.203. The van der Waals surface area contributed by atoms with Gasteiger partial charge in [0, 0.05) is 32.7 Å². The van der Waals surface area contributed by atoms with Crippen LogP contribution in [0.3, 0.4) is 0 Å². The van der Waals surface area contributed by atoms with Crippen molar-refractivity contribution in [1.29, 1.82) is 0 Å². The zero-order valence-corrected chi connectivity index (χ0v) is 15.2. The molecule has 0 aliphatic carbocycles. The van der Waals surface area contributed by atoms with Gasteiger partial charge in [-0.2, -0.15) is 0 Å². The second-order valence-electron chi connectivity index (χ2n) is 6.32. The third kappa shape index (κ3) is 3.84. The van der Waals surface area contributed by atoms with Crippen molar-refractivity contribution in [1.82, 2.24) is 4.90 Å². The number of ether oxygens (including phenoxy) is 1. The van der Waals surface area contributed by atoms with Crippen LogP contribution in [0.25, 0.3) is 0 Å². The van der Waals surface area contributed by atoms with Crippen LogP contribution in [0.5, 0.6) is 0 Å². The number of morpholine rings is 1. The van der Waals surface area contributed by atoms with Crippen LogP contribution in [0.1, 0.15) is 13.3 Å². The second-order valence-corrected chi connectivity index (χ2v) is 8.33. The van der Waals surface area contributed by atoms with Crippen LogP contribution < -0.4 is 9.21 Å². The monoisotopic (exact) mass is 353 g/mol. The van der Waals surface area contributed by atoms with Gasteiger partial charge >= 0.3 is 0 Å². The van der Waals surface area contributed by atoms with E-state index >= 15 is 0 Å². The van der Waals surface area contributed by atoms with E-state index in [-0.39, 0.29) is 5.75 Å². The van der Waals surface area contributed by atoms with Crippen molar-refractivity contribution in [3.63, 3.8) is 0 Å². The van der Waals surface area contributed by atoms with Crippen LogP contribution in [0.4, 0.5) is 11.4 Å². The molecule has 0 aromatic heterocycles. The third-order valence-electron chi connectivity index (χ3n) is 4.65. The summed E-state index contributed by atoms with van der Waals surface area (Å²) in [6.45, 7) is 8.64. The number of hydrogen-bond donors (Lipinski definition) is 0. The number of benzene rings is 1. The molecule has 0 unspecified atom stereocenters. The lowest BCUT2D eigenvalue weighted by Gasteiger charge is -2.39. The highest BCUT2D eigenvalue weighted by Crippen LogP contribution is 2.34. The average molecular weight is 353 g/mol. The smallest absolute Gasteiger partial charge is 0.235 e. The fourth-order valence-electron chi connectivity index (χ4n) is 3.37. The summed E-state index contributed by atoms with van der Waals surface area (Å²) in [5, 5.41) is 0. The lowest BCUT2D eigenvalue weighted by molar-refractivity contribution is 0.0392. The molecular formula is C17H27N3O3S. The molecule has 1 aromatic rings. The van der Waals surface area contributed by atoms with Crippen molar-refractivity contribution in [2.24, 2.45) is 0 Å². The van der Waals surface area contributed by atoms with Gasteiger partial charge in [0.1, 0.15) is 0 Å². The van der Waals surface area contributed by atoms with Crippen LogP contribution >= 0.6 is 0 Å². The molecule has 3 rings (SSSR count). The van der Waals surface area contributed by atoms with Crippen LogP contribution in [0.15, 0.2) is 24.3 Å². The molecule has 134 valence electrons. The van der Waals surface area contributed by atoms with E-state index in [1.165, 1.54) is 0 Å². The summed E-state index contributed by atoms with van der Waals surface area (Å²) >= 11 is 0. The van der Waals surface area contributed by atoms with Gasteiger partial charge in [0.15, 0.2) is 0 Å². The quantitative estimate of drug-likeness (QED) is 0.773. The Morgan fingerprint density at radius 3 is 2.42 bits per heavy atom. The van der Waals surface area contributed by atoms with Gasteiger partial charge in [0.05, 0.1) is 36.9 Å². The molecule has 1 aromatic carbocycles. The Bertz CT molecular complexity index is 644. The van der Waals surface area contributed by atoms with E-state index in [9.17, 15) is 8.42 Å². The summed E-state index contributed by atoms with van der Waals surface area (Å²) in [5.74, 6) is 0.203. The molecule has 6 nitrogen and oxygen atoms in total. The molecule has 2 heterocycles. The highest BCUT2D eigenvalue weighted by Gasteiger charge is 2.29. The van der Waals surface area contributed by atoms with Crippen LogP contribution in [-0.4, -0.2) is 71.6 Å². The lowest BCUT2D eigenvalue weighted by atomic mass is 10.2. The number of nitrogens with zero attached hydrogens (tertiary/aromatic N) is 3. The number of para-hydroxylation sites is 2. The predicted octanol–water partition coefficient (Wildman–Crippen LogP) is 1.39. The molecule has 24 heavy (non-hydrogen) atoms. The summed E-state index contributed by atoms with van der Waals surface area (Å²) in [6.07, 6.45) is 0.641. The molecule has 0 N–H and O–H groups in total. The molecule has 0 saturated carbocycles. The van der Waals surface area contributed by atoms with Gasteiger partial charge in [-0.3, -0.25) is 9.21 Å². The van der Waals surface area contributed by atoms with E-state index < -0.39 is 10.0 Å². The van der Waals surface area contributed by atoms with Crippen molar-refractivity contribution in [3.05, 3.63) is 24.3 Å². The Labute approximate surface area is 145 Å². The van der Waals surface area contributed by atoms with Gasteiger partial charge in [-0.1, -0.05) is 19.1 Å². The number of fused-ring (bicyclic) bond motifs is 1. The topological polar surface area (TPSA) is 53.1 Å². The Morgan fingerprint density at radius 1 is 1.00 bits per heavy atom. The second kappa shape index (κ2) is 7.72. The first-order valence-electron chi connectivity index (χ1n) is 8.76. The van der Waals surface area contributed by atoms with Crippen LogP contribution in [-0.2, 0) is 14.8 Å². The predicted molar refractivity (Wildman–Crippen MR) is 97.3 cm³/mol. The summed E-state index contributed by atoms with van der Waals surface area (Å²) in [6, 6.07) is 7.85. The van der Waals surface area contributed by atoms with Crippen LogP contribution in [0, 0.1) is 0 Å². The SMILES string of the molecule is CCCS(=O)(=O)N1CCN(CCN2CCOCC2)c2ccccc21. The van der Waals surface area contributed by atoms with Crippen molar-refractivity contribution in [2.75, 3.05) is 67.4 Å². The maximum absolute atomic E-state index is 12.5. The Hall–Kier alpha value is -1.31. The maximum atomic E-state index is 12.5. The van der Waals surface area contributed by atoms with Gasteiger partial charge in [-0.05, 0) is 18.6 Å². The summed E-state index contributed by atoms with van der Waals surface area (Å²) in [7, 11) is -3.23. The van der Waals surface area contributed by atoms with Crippen LogP contribution in [0.2, 0.25) is 0 Å². The molecule has 0 amide bonds. The molecule has 0 radical (unpaired) electrons. The van der Waals surface area contributed by atoms with Gasteiger partial charge in [0.2, 0.25) is 10.0 Å². The zero-order chi connectivity index (χ0) is 17.0. The van der Waals surface area contributed by atoms with Gasteiger partial charge in [-0.15, -0.1) is 0 Å². The maximum Gasteiger partial charge on any atom is 0.235 e. The first-order chi connectivity index (χ1) is 11.6. The van der Waals surface area contributed by atoms with E-state index in [0.717, 1.165) is 57.3 Å². The van der Waals surface area contributed by atoms with E-state index in [0.29, 0.717) is 13.0 Å². The minimum atomic E-state index is -3.23. The highest BCUT2D eigenvalue weighted by molar-refractivity contribution is 7.92. The average Bonchev–Trinajstić information content (AvgIpc) is 2.60. The first-order valence-corrected chi connectivity index (χ1v) is 10.4. The summed E-state index contributed by atoms with van der Waals surface area (Å²) < 4.78 is 32.1. The molecule has 2 aliphatic rings. The standard InChI is InChI=1S/C17H27N3O3S/c1-2-15-24(21,22)20-10-9-19(16-5-3-4-6-17(16)20)8-7-18-11-13-23-14-12-18/h3-6H,2,7-15H2,1H3. The molecule has 1 saturated heterocycles. The highest BCUT2D eigenvalue weighted by atomic mass is 32.2. The van der Waals surface area contributed by atoms with Crippen molar-refractivity contribution in [2.45, 2.75) is 13.3 Å². The van der Waals surface area contributed by atoms with Gasteiger partial charge < -0.3 is 9.64 Å². The van der Waals surface area contributed by atoms with Crippen molar-refractivity contribution >= 4 is 21.4 Å². The Kier molecular flexibility index (Phi) is 5.63. The first kappa shape index (κ1) is 17.5. The summed E-state index contributed by atoms with van der Waals surface area (Å²) in [5.41, 5.74) is 1.84. The number of rotatable bonds is 6. The van der Waals surface area contributed by atoms with E-state index in [2.05, 4.69) is 9.80 Å². The van der Waals surface area contributed by atoms with Crippen molar-refractivity contribution < 1.29 is 13.2 Å². The molecule has 1 fully saturated rings. The lowest BCUT2D eigenvalue weighted by Crippen LogP contribution is -2.48. The molecule has 0 atom stereocenters. The Balaban J connectivity index is 1.74.